The van der Waals surface area contributed by atoms with E-state index in [0.717, 1.165) is 0 Å². The molecule has 0 aliphatic rings. The van der Waals surface area contributed by atoms with E-state index in [4.69, 9.17) is 0 Å². The zero-order valence-electron chi connectivity index (χ0n) is 4.34. The molecule has 0 fully saturated rings. The first-order valence-electron chi connectivity index (χ1n) is 1.90. The zero-order valence-corrected chi connectivity index (χ0v) is 6.05. The van der Waals surface area contributed by atoms with Crippen LogP contribution in [0.25, 0.3) is 0 Å². The molecule has 0 radical (unpaired) electrons. The van der Waals surface area contributed by atoms with Gasteiger partial charge in [0.25, 0.3) is 0 Å². The van der Waals surface area contributed by atoms with Gasteiger partial charge in [0.05, 0.1) is 0 Å². The summed E-state index contributed by atoms with van der Waals surface area (Å²) in [7, 11) is 1.18. The second-order valence-electron chi connectivity index (χ2n) is 1.01. The fourth-order valence-electron chi connectivity index (χ4n) is 0.118. The Morgan fingerprint density at radius 3 is 2.00 bits per heavy atom. The van der Waals surface area contributed by atoms with Gasteiger partial charge in [-0.15, -0.1) is 0 Å². The van der Waals surface area contributed by atoms with Gasteiger partial charge < -0.3 is 0 Å². The molecule has 0 saturated carbocycles. The van der Waals surface area contributed by atoms with Gasteiger partial charge in [-0.05, 0) is 0 Å². The van der Waals surface area contributed by atoms with Crippen LogP contribution in [-0.4, -0.2) is 20.1 Å². The maximum atomic E-state index is 10.2. The summed E-state index contributed by atoms with van der Waals surface area (Å²) in [5, 5.41) is 0.118. The van der Waals surface area contributed by atoms with E-state index in [9.17, 15) is 7.67 Å². The Kier molecular flexibility index (Phi) is 2.43. The van der Waals surface area contributed by atoms with Gasteiger partial charge in [0.2, 0.25) is 0 Å². The van der Waals surface area contributed by atoms with Gasteiger partial charge >= 0.3 is 43.9 Å². The second-order valence-corrected chi connectivity index (χ2v) is 5.26. The van der Waals surface area contributed by atoms with Crippen molar-refractivity contribution >= 4 is 13.0 Å². The predicted molar refractivity (Wildman–Crippen MR) is 24.6 cm³/mol. The van der Waals surface area contributed by atoms with Crippen LogP contribution >= 0.6 is 0 Å². The van der Waals surface area contributed by atoms with Crippen molar-refractivity contribution in [3.8, 4) is 0 Å². The first-order chi connectivity index (χ1) is 3.12. The Bertz CT molecular complexity index is 113. The molecule has 44 valence electrons. The van der Waals surface area contributed by atoms with Crippen molar-refractivity contribution in [1.82, 2.24) is 0 Å². The van der Waals surface area contributed by atoms with Gasteiger partial charge in [-0.3, -0.25) is 0 Å². The van der Waals surface area contributed by atoms with Crippen molar-refractivity contribution in [3.63, 3.8) is 0 Å². The average molecular weight is 171 g/mol. The van der Waals surface area contributed by atoms with E-state index in [-0.39, 0.29) is 5.32 Å². The predicted octanol–water partition coefficient (Wildman–Crippen LogP) is 0.453. The van der Waals surface area contributed by atoms with Crippen molar-refractivity contribution in [3.05, 3.63) is 0 Å². The van der Waals surface area contributed by atoms with Crippen molar-refractivity contribution in [2.45, 2.75) is 12.2 Å². The van der Waals surface area contributed by atoms with Gasteiger partial charge in [0, 0.05) is 0 Å². The minimum absolute atomic E-state index is 0.118. The molecule has 0 bridgehead atoms. The van der Waals surface area contributed by atoms with E-state index in [1.807, 2.05) is 0 Å². The molecule has 0 atom stereocenters. The Morgan fingerprint density at radius 1 is 1.57 bits per heavy atom. The molecule has 0 aromatic heterocycles. The molecule has 0 aliphatic heterocycles. The number of hydrogen-bond acceptors (Lipinski definition) is 3. The summed E-state index contributed by atoms with van der Waals surface area (Å²) in [5.41, 5.74) is 0. The van der Waals surface area contributed by atoms with E-state index in [1.165, 1.54) is 7.11 Å². The third-order valence-corrected chi connectivity index (χ3v) is 3.16. The molecule has 0 saturated heterocycles. The van der Waals surface area contributed by atoms with Gasteiger partial charge in [-0.2, -0.15) is 0 Å². The molecular weight excluding hydrogens is 163 g/mol. The molecule has 0 aliphatic carbocycles. The quantitative estimate of drug-likeness (QED) is 0.566. The van der Waals surface area contributed by atoms with Gasteiger partial charge in [-0.1, -0.05) is 0 Å². The molecule has 4 heteroatoms. The summed E-state index contributed by atoms with van der Waals surface area (Å²) < 4.78 is 24.6. The molecular formula is C3H8O3Se. The topological polar surface area (TPSA) is 43.4 Å². The van der Waals surface area contributed by atoms with Crippen LogP contribution in [0.2, 0.25) is 5.32 Å². The minimum atomic E-state index is -3.81. The fourth-order valence-corrected chi connectivity index (χ4v) is 0.612. The van der Waals surface area contributed by atoms with Crippen LogP contribution in [0.5, 0.6) is 0 Å². The van der Waals surface area contributed by atoms with Crippen LogP contribution in [0.3, 0.4) is 0 Å². The summed E-state index contributed by atoms with van der Waals surface area (Å²) in [6, 6.07) is 0. The Hall–Kier alpha value is 0.0795. The normalized spacial score (nSPS) is 11.7. The molecule has 0 amide bonds. The third kappa shape index (κ3) is 2.74. The first kappa shape index (κ1) is 7.08. The van der Waals surface area contributed by atoms with E-state index < -0.39 is 13.0 Å². The molecule has 0 spiro atoms. The molecule has 3 nitrogen and oxygen atoms in total. The first-order valence-corrected chi connectivity index (χ1v) is 5.21. The van der Waals surface area contributed by atoms with Crippen molar-refractivity contribution < 1.29 is 11.5 Å². The van der Waals surface area contributed by atoms with Crippen molar-refractivity contribution in [2.24, 2.45) is 0 Å². The number of rotatable bonds is 2. The summed E-state index contributed by atoms with van der Waals surface area (Å²) in [4.78, 5) is 0. The van der Waals surface area contributed by atoms with Crippen LogP contribution in [-0.2, 0) is 11.5 Å². The standard InChI is InChI=1S/C3H8O3Se/c1-3-7(4,5)6-2/h3H2,1-2H3. The maximum absolute atomic E-state index is 10.2. The summed E-state index contributed by atoms with van der Waals surface area (Å²) in [6.45, 7) is 1.56. The van der Waals surface area contributed by atoms with E-state index >= 15 is 0 Å². The zero-order chi connectivity index (χ0) is 5.91. The van der Waals surface area contributed by atoms with Crippen molar-refractivity contribution in [1.29, 1.82) is 0 Å². The van der Waals surface area contributed by atoms with Gasteiger partial charge in [0.15, 0.2) is 0 Å². The molecule has 0 heterocycles. The summed E-state index contributed by atoms with van der Waals surface area (Å²) >= 11 is -3.81. The Labute approximate surface area is 44.6 Å². The molecule has 0 rings (SSSR count). The van der Waals surface area contributed by atoms with E-state index in [0.29, 0.717) is 0 Å². The van der Waals surface area contributed by atoms with Gasteiger partial charge in [-0.25, -0.2) is 0 Å². The van der Waals surface area contributed by atoms with Crippen LogP contribution < -0.4 is 0 Å². The third-order valence-electron chi connectivity index (χ3n) is 0.607. The number of hydrogen-bond donors (Lipinski definition) is 0. The fraction of sp³-hybridized carbons (Fsp3) is 1.00. The molecule has 7 heavy (non-hydrogen) atoms. The van der Waals surface area contributed by atoms with E-state index in [1.54, 1.807) is 6.92 Å². The Balaban J connectivity index is 3.89. The van der Waals surface area contributed by atoms with Crippen LogP contribution in [0.4, 0.5) is 0 Å². The van der Waals surface area contributed by atoms with Crippen LogP contribution in [0.1, 0.15) is 6.92 Å². The Morgan fingerprint density at radius 2 is 2.00 bits per heavy atom. The molecule has 0 aromatic carbocycles. The van der Waals surface area contributed by atoms with Crippen LogP contribution in [0, 0.1) is 0 Å². The van der Waals surface area contributed by atoms with Crippen LogP contribution in [0.15, 0.2) is 0 Å². The molecule has 0 N–H and O–H groups in total. The van der Waals surface area contributed by atoms with E-state index in [2.05, 4.69) is 3.82 Å². The van der Waals surface area contributed by atoms with Crippen molar-refractivity contribution in [2.75, 3.05) is 7.11 Å². The molecule has 0 aromatic rings. The second kappa shape index (κ2) is 2.40. The van der Waals surface area contributed by atoms with Gasteiger partial charge in [0.1, 0.15) is 0 Å². The monoisotopic (exact) mass is 172 g/mol. The summed E-state index contributed by atoms with van der Waals surface area (Å²) in [5.74, 6) is 0. The SMILES string of the molecule is CC[Se](=O)(=O)OC. The molecule has 0 unspecified atom stereocenters. The average Bonchev–Trinajstić information content (AvgIpc) is 1.68. The summed E-state index contributed by atoms with van der Waals surface area (Å²) in [6.07, 6.45) is 0.